The maximum Gasteiger partial charge on any atom is 0.274 e. The molecule has 0 radical (unpaired) electrons. The standard InChI is InChI=1S/C20H27N3O/c1-5-6-7-9-21-17-8-10-22-18(13-17)20(24)23-19-15(3)11-14(2)12-16(19)4/h8,10-13H,5-7,9H2,1-4H3,(H,21,22)(H,23,24). The third-order valence-electron chi connectivity index (χ3n) is 4.02. The minimum Gasteiger partial charge on any atom is -0.385 e. The summed E-state index contributed by atoms with van der Waals surface area (Å²) in [5.74, 6) is -0.178. The van der Waals surface area contributed by atoms with E-state index in [9.17, 15) is 4.79 Å². The lowest BCUT2D eigenvalue weighted by Crippen LogP contribution is -2.16. The number of nitrogens with one attached hydrogen (secondary N) is 2. The van der Waals surface area contributed by atoms with Crippen molar-refractivity contribution in [3.05, 3.63) is 52.8 Å². The Balaban J connectivity index is 2.07. The van der Waals surface area contributed by atoms with E-state index in [1.54, 1.807) is 12.3 Å². The van der Waals surface area contributed by atoms with Gasteiger partial charge in [-0.3, -0.25) is 9.78 Å². The van der Waals surface area contributed by atoms with Crippen molar-refractivity contribution in [1.82, 2.24) is 4.98 Å². The molecule has 0 aliphatic heterocycles. The summed E-state index contributed by atoms with van der Waals surface area (Å²) in [5.41, 5.74) is 5.55. The zero-order valence-electron chi connectivity index (χ0n) is 15.1. The van der Waals surface area contributed by atoms with E-state index in [2.05, 4.69) is 41.6 Å². The van der Waals surface area contributed by atoms with Crippen LogP contribution in [-0.2, 0) is 0 Å². The summed E-state index contributed by atoms with van der Waals surface area (Å²) in [6.45, 7) is 9.17. The van der Waals surface area contributed by atoms with Crippen LogP contribution in [0.2, 0.25) is 0 Å². The fourth-order valence-corrected chi connectivity index (χ4v) is 2.83. The van der Waals surface area contributed by atoms with Gasteiger partial charge in [0.2, 0.25) is 0 Å². The average molecular weight is 325 g/mol. The molecule has 0 spiro atoms. The van der Waals surface area contributed by atoms with Crippen LogP contribution in [-0.4, -0.2) is 17.4 Å². The highest BCUT2D eigenvalue weighted by atomic mass is 16.1. The van der Waals surface area contributed by atoms with E-state index in [1.165, 1.54) is 18.4 Å². The van der Waals surface area contributed by atoms with E-state index in [4.69, 9.17) is 0 Å². The van der Waals surface area contributed by atoms with Gasteiger partial charge in [0.05, 0.1) is 0 Å². The molecule has 0 aliphatic rings. The molecular formula is C20H27N3O. The summed E-state index contributed by atoms with van der Waals surface area (Å²) in [4.78, 5) is 16.7. The highest BCUT2D eigenvalue weighted by Gasteiger charge is 2.12. The Morgan fingerprint density at radius 1 is 1.08 bits per heavy atom. The van der Waals surface area contributed by atoms with Crippen LogP contribution in [0.4, 0.5) is 11.4 Å². The normalized spacial score (nSPS) is 10.5. The molecule has 128 valence electrons. The second-order valence-electron chi connectivity index (χ2n) is 6.29. The molecule has 0 aliphatic carbocycles. The van der Waals surface area contributed by atoms with Gasteiger partial charge >= 0.3 is 0 Å². The molecule has 0 fully saturated rings. The van der Waals surface area contributed by atoms with Crippen LogP contribution in [0, 0.1) is 20.8 Å². The summed E-state index contributed by atoms with van der Waals surface area (Å²) < 4.78 is 0. The van der Waals surface area contributed by atoms with Crippen molar-refractivity contribution < 1.29 is 4.79 Å². The van der Waals surface area contributed by atoms with E-state index in [-0.39, 0.29) is 5.91 Å². The lowest BCUT2D eigenvalue weighted by atomic mass is 10.0. The third-order valence-corrected chi connectivity index (χ3v) is 4.02. The lowest BCUT2D eigenvalue weighted by Gasteiger charge is -2.13. The largest absolute Gasteiger partial charge is 0.385 e. The number of anilines is 2. The quantitative estimate of drug-likeness (QED) is 0.715. The van der Waals surface area contributed by atoms with Crippen LogP contribution < -0.4 is 10.6 Å². The van der Waals surface area contributed by atoms with Gasteiger partial charge in [0.1, 0.15) is 5.69 Å². The molecule has 24 heavy (non-hydrogen) atoms. The Morgan fingerprint density at radius 2 is 1.79 bits per heavy atom. The lowest BCUT2D eigenvalue weighted by molar-refractivity contribution is 0.102. The zero-order valence-corrected chi connectivity index (χ0v) is 15.1. The van der Waals surface area contributed by atoms with Crippen LogP contribution in [0.3, 0.4) is 0 Å². The Morgan fingerprint density at radius 3 is 2.46 bits per heavy atom. The highest BCUT2D eigenvalue weighted by molar-refractivity contribution is 6.04. The topological polar surface area (TPSA) is 54.0 Å². The van der Waals surface area contributed by atoms with Crippen molar-refractivity contribution in [3.8, 4) is 0 Å². The molecule has 1 aromatic carbocycles. The molecule has 2 rings (SSSR count). The minimum absolute atomic E-state index is 0.178. The van der Waals surface area contributed by atoms with Gasteiger partial charge < -0.3 is 10.6 Å². The SMILES string of the molecule is CCCCCNc1ccnc(C(=O)Nc2c(C)cc(C)cc2C)c1. The number of benzene rings is 1. The zero-order chi connectivity index (χ0) is 17.5. The van der Waals surface area contributed by atoms with Crippen LogP contribution in [0.15, 0.2) is 30.5 Å². The Hall–Kier alpha value is -2.36. The number of hydrogen-bond donors (Lipinski definition) is 2. The number of aromatic nitrogens is 1. The van der Waals surface area contributed by atoms with Gasteiger partial charge in [-0.05, 0) is 50.5 Å². The van der Waals surface area contributed by atoms with Crippen molar-refractivity contribution in [2.75, 3.05) is 17.2 Å². The first-order valence-electron chi connectivity index (χ1n) is 8.60. The van der Waals surface area contributed by atoms with Crippen LogP contribution >= 0.6 is 0 Å². The molecule has 2 aromatic rings. The third kappa shape index (κ3) is 4.82. The maximum atomic E-state index is 12.5. The van der Waals surface area contributed by atoms with Gasteiger partial charge in [-0.2, -0.15) is 0 Å². The second-order valence-corrected chi connectivity index (χ2v) is 6.29. The van der Waals surface area contributed by atoms with Gasteiger partial charge in [0.15, 0.2) is 0 Å². The fraction of sp³-hybridized carbons (Fsp3) is 0.400. The monoisotopic (exact) mass is 325 g/mol. The summed E-state index contributed by atoms with van der Waals surface area (Å²) in [6, 6.07) is 7.84. The summed E-state index contributed by atoms with van der Waals surface area (Å²) in [5, 5.41) is 6.35. The molecule has 0 saturated carbocycles. The van der Waals surface area contributed by atoms with Crippen LogP contribution in [0.1, 0.15) is 53.4 Å². The van der Waals surface area contributed by atoms with Crippen molar-refractivity contribution >= 4 is 17.3 Å². The van der Waals surface area contributed by atoms with E-state index in [1.807, 2.05) is 19.9 Å². The first kappa shape index (κ1) is 18.0. The molecule has 1 heterocycles. The number of rotatable bonds is 7. The number of pyridine rings is 1. The van der Waals surface area contributed by atoms with Crippen LogP contribution in [0.25, 0.3) is 0 Å². The number of carbonyl (C=O) groups excluding carboxylic acids is 1. The van der Waals surface area contributed by atoms with E-state index in [0.717, 1.165) is 35.5 Å². The molecule has 4 heteroatoms. The number of unbranched alkanes of at least 4 members (excludes halogenated alkanes) is 2. The average Bonchev–Trinajstić information content (AvgIpc) is 2.55. The van der Waals surface area contributed by atoms with Crippen LogP contribution in [0.5, 0.6) is 0 Å². The van der Waals surface area contributed by atoms with E-state index < -0.39 is 0 Å². The predicted molar refractivity (Wildman–Crippen MR) is 101 cm³/mol. The fourth-order valence-electron chi connectivity index (χ4n) is 2.83. The van der Waals surface area contributed by atoms with Gasteiger partial charge in [0, 0.05) is 24.1 Å². The summed E-state index contributed by atoms with van der Waals surface area (Å²) >= 11 is 0. The molecule has 0 unspecified atom stereocenters. The smallest absolute Gasteiger partial charge is 0.274 e. The molecular weight excluding hydrogens is 298 g/mol. The summed E-state index contributed by atoms with van der Waals surface area (Å²) in [6.07, 6.45) is 5.20. The summed E-state index contributed by atoms with van der Waals surface area (Å²) in [7, 11) is 0. The first-order chi connectivity index (χ1) is 11.5. The molecule has 4 nitrogen and oxygen atoms in total. The molecule has 0 atom stereocenters. The molecule has 1 amide bonds. The molecule has 1 aromatic heterocycles. The Kier molecular flexibility index (Phi) is 6.36. The number of hydrogen-bond acceptors (Lipinski definition) is 3. The van der Waals surface area contributed by atoms with Crippen molar-refractivity contribution in [2.45, 2.75) is 47.0 Å². The van der Waals surface area contributed by atoms with Crippen molar-refractivity contribution in [3.63, 3.8) is 0 Å². The van der Waals surface area contributed by atoms with Gasteiger partial charge in [-0.25, -0.2) is 0 Å². The minimum atomic E-state index is -0.178. The van der Waals surface area contributed by atoms with Gasteiger partial charge in [-0.1, -0.05) is 37.5 Å². The molecule has 2 N–H and O–H groups in total. The Bertz CT molecular complexity index is 687. The van der Waals surface area contributed by atoms with Crippen molar-refractivity contribution in [2.24, 2.45) is 0 Å². The molecule has 0 bridgehead atoms. The molecule has 0 saturated heterocycles. The maximum absolute atomic E-state index is 12.5. The second kappa shape index (κ2) is 8.48. The van der Waals surface area contributed by atoms with Gasteiger partial charge in [-0.15, -0.1) is 0 Å². The predicted octanol–water partition coefficient (Wildman–Crippen LogP) is 4.86. The van der Waals surface area contributed by atoms with Crippen molar-refractivity contribution in [1.29, 1.82) is 0 Å². The highest BCUT2D eigenvalue weighted by Crippen LogP contribution is 2.22. The van der Waals surface area contributed by atoms with E-state index in [0.29, 0.717) is 5.69 Å². The number of carbonyl (C=O) groups is 1. The number of aryl methyl sites for hydroxylation is 3. The Labute approximate surface area is 144 Å². The van der Waals surface area contributed by atoms with Gasteiger partial charge in [0.25, 0.3) is 5.91 Å². The number of nitrogens with zero attached hydrogens (tertiary/aromatic N) is 1. The number of amides is 1. The van der Waals surface area contributed by atoms with E-state index >= 15 is 0 Å². The first-order valence-corrected chi connectivity index (χ1v) is 8.60.